The summed E-state index contributed by atoms with van der Waals surface area (Å²) >= 11 is 0. The van der Waals surface area contributed by atoms with E-state index >= 15 is 0 Å². The zero-order chi connectivity index (χ0) is 23.7. The molecule has 6 heteroatoms. The van der Waals surface area contributed by atoms with Gasteiger partial charge in [-0.05, 0) is 30.5 Å². The van der Waals surface area contributed by atoms with Gasteiger partial charge < -0.3 is 15.7 Å². The van der Waals surface area contributed by atoms with Crippen LogP contribution in [0.25, 0.3) is 17.2 Å². The summed E-state index contributed by atoms with van der Waals surface area (Å²) in [7, 11) is 0. The molecule has 0 heterocycles. The van der Waals surface area contributed by atoms with E-state index in [0.29, 0.717) is 0 Å². The first-order valence-electron chi connectivity index (χ1n) is 10.5. The molecule has 168 valence electrons. The second-order valence-corrected chi connectivity index (χ2v) is 7.82. The Labute approximate surface area is 189 Å². The van der Waals surface area contributed by atoms with Crippen molar-refractivity contribution in [3.8, 4) is 11.1 Å². The van der Waals surface area contributed by atoms with E-state index in [0.717, 1.165) is 22.3 Å². The summed E-state index contributed by atoms with van der Waals surface area (Å²) in [5.41, 5.74) is 4.27. The zero-order valence-corrected chi connectivity index (χ0v) is 18.8. The van der Waals surface area contributed by atoms with E-state index < -0.39 is 29.9 Å². The molecular weight excluding hydrogens is 404 g/mol. The minimum atomic E-state index is -1.12. The molecule has 0 bridgehead atoms. The van der Waals surface area contributed by atoms with E-state index in [1.807, 2.05) is 49.4 Å². The van der Waals surface area contributed by atoms with Crippen molar-refractivity contribution in [2.75, 3.05) is 0 Å². The number of carboxylic acid groups (broad SMARTS) is 1. The van der Waals surface area contributed by atoms with Gasteiger partial charge in [-0.2, -0.15) is 0 Å². The van der Waals surface area contributed by atoms with Gasteiger partial charge in [0.15, 0.2) is 0 Å². The van der Waals surface area contributed by atoms with Crippen LogP contribution in [-0.4, -0.2) is 35.0 Å². The summed E-state index contributed by atoms with van der Waals surface area (Å²) < 4.78 is 0. The Kier molecular flexibility index (Phi) is 8.95. The lowest BCUT2D eigenvalue weighted by Crippen LogP contribution is -2.47. The topological polar surface area (TPSA) is 95.5 Å². The third-order valence-corrected chi connectivity index (χ3v) is 5.03. The van der Waals surface area contributed by atoms with Gasteiger partial charge in [-0.3, -0.25) is 14.4 Å². The average Bonchev–Trinajstić information content (AvgIpc) is 2.76. The van der Waals surface area contributed by atoms with Crippen LogP contribution in [-0.2, 0) is 14.4 Å². The number of hydrogen-bond acceptors (Lipinski definition) is 3. The van der Waals surface area contributed by atoms with Gasteiger partial charge in [0.25, 0.3) is 0 Å². The lowest BCUT2D eigenvalue weighted by Gasteiger charge is -2.22. The highest BCUT2D eigenvalue weighted by Crippen LogP contribution is 2.20. The summed E-state index contributed by atoms with van der Waals surface area (Å²) in [5.74, 6) is -2.48. The highest BCUT2D eigenvalue weighted by atomic mass is 16.4. The van der Waals surface area contributed by atoms with Gasteiger partial charge >= 0.3 is 5.97 Å². The molecule has 0 saturated carbocycles. The van der Waals surface area contributed by atoms with Crippen LogP contribution in [0, 0.1) is 5.92 Å². The monoisotopic (exact) mass is 434 g/mol. The number of benzene rings is 2. The van der Waals surface area contributed by atoms with Gasteiger partial charge in [0, 0.05) is 6.92 Å². The molecular formula is C26H30N2O4. The quantitative estimate of drug-likeness (QED) is 0.519. The Morgan fingerprint density at radius 3 is 2.03 bits per heavy atom. The van der Waals surface area contributed by atoms with Gasteiger partial charge in [-0.25, -0.2) is 0 Å². The number of carboxylic acids is 1. The van der Waals surface area contributed by atoms with Crippen LogP contribution in [0.15, 0.2) is 72.3 Å². The first-order valence-corrected chi connectivity index (χ1v) is 10.5. The Bertz CT molecular complexity index is 994. The Morgan fingerprint density at radius 2 is 1.47 bits per heavy atom. The number of carbonyl (C=O) groups is 3. The number of rotatable bonds is 9. The fourth-order valence-corrected chi connectivity index (χ4v) is 3.11. The SMILES string of the molecule is CC(=O)N[C@@H](/C=C/C(C)=C/c1ccc(-c2ccccc2)cc1)[C@H](C)C(=O)N[C@H](C)C(=O)O. The van der Waals surface area contributed by atoms with Crippen LogP contribution >= 0.6 is 0 Å². The van der Waals surface area contributed by atoms with Crippen LogP contribution in [0.1, 0.15) is 33.3 Å². The molecule has 0 radical (unpaired) electrons. The lowest BCUT2D eigenvalue weighted by molar-refractivity contribution is -0.142. The van der Waals surface area contributed by atoms with Crippen molar-refractivity contribution in [3.05, 3.63) is 77.9 Å². The predicted molar refractivity (Wildman–Crippen MR) is 127 cm³/mol. The van der Waals surface area contributed by atoms with Crippen LogP contribution in [0.4, 0.5) is 0 Å². The summed E-state index contributed by atoms with van der Waals surface area (Å²) in [6.07, 6.45) is 5.60. The Morgan fingerprint density at radius 1 is 0.875 bits per heavy atom. The fourth-order valence-electron chi connectivity index (χ4n) is 3.11. The predicted octanol–water partition coefficient (Wildman–Crippen LogP) is 4.04. The molecule has 2 rings (SSSR count). The van der Waals surface area contributed by atoms with E-state index in [1.54, 1.807) is 13.0 Å². The third-order valence-electron chi connectivity index (χ3n) is 5.03. The van der Waals surface area contributed by atoms with Gasteiger partial charge in [0.1, 0.15) is 6.04 Å². The normalized spacial score (nSPS) is 14.4. The largest absolute Gasteiger partial charge is 0.480 e. The maximum Gasteiger partial charge on any atom is 0.325 e. The number of hydrogen-bond donors (Lipinski definition) is 3. The van der Waals surface area contributed by atoms with E-state index in [-0.39, 0.29) is 5.91 Å². The molecule has 0 unspecified atom stereocenters. The van der Waals surface area contributed by atoms with E-state index in [4.69, 9.17) is 5.11 Å². The molecule has 32 heavy (non-hydrogen) atoms. The van der Waals surface area contributed by atoms with Crippen LogP contribution < -0.4 is 10.6 Å². The molecule has 0 saturated heterocycles. The number of aliphatic carboxylic acids is 1. The Hall–Kier alpha value is -3.67. The molecule has 2 aromatic rings. The molecule has 0 fully saturated rings. The van der Waals surface area contributed by atoms with Crippen LogP contribution in [0.5, 0.6) is 0 Å². The fraction of sp³-hybridized carbons (Fsp3) is 0.269. The molecule has 0 aliphatic rings. The first-order chi connectivity index (χ1) is 15.2. The van der Waals surface area contributed by atoms with Crippen LogP contribution in [0.2, 0.25) is 0 Å². The van der Waals surface area contributed by atoms with Crippen LogP contribution in [0.3, 0.4) is 0 Å². The van der Waals surface area contributed by atoms with Gasteiger partial charge in [0.05, 0.1) is 12.0 Å². The van der Waals surface area contributed by atoms with Crippen molar-refractivity contribution in [1.29, 1.82) is 0 Å². The van der Waals surface area contributed by atoms with Gasteiger partial charge in [-0.1, -0.05) is 85.3 Å². The second kappa shape index (κ2) is 11.6. The van der Waals surface area contributed by atoms with E-state index in [9.17, 15) is 14.4 Å². The van der Waals surface area contributed by atoms with Crippen molar-refractivity contribution in [3.63, 3.8) is 0 Å². The number of allylic oxidation sites excluding steroid dienone is 2. The summed E-state index contributed by atoms with van der Waals surface area (Å²) in [6.45, 7) is 6.36. The molecule has 0 spiro atoms. The van der Waals surface area contributed by atoms with Gasteiger partial charge in [-0.15, -0.1) is 0 Å². The highest BCUT2D eigenvalue weighted by Gasteiger charge is 2.25. The zero-order valence-electron chi connectivity index (χ0n) is 18.8. The van der Waals surface area contributed by atoms with E-state index in [1.165, 1.54) is 13.8 Å². The third kappa shape index (κ3) is 7.54. The standard InChI is InChI=1S/C26H30N2O4/c1-17(16-21-11-13-23(14-12-21)22-8-6-5-7-9-22)10-15-24(28-20(4)29)18(2)25(30)27-19(3)26(31)32/h5-16,18-19,24H,1-4H3,(H,27,30)(H,28,29)(H,31,32)/b15-10+,17-16+/t18-,19+,24-/m0/s1. The number of carbonyl (C=O) groups excluding carboxylic acids is 2. The second-order valence-electron chi connectivity index (χ2n) is 7.82. The van der Waals surface area contributed by atoms with Gasteiger partial charge in [0.2, 0.25) is 11.8 Å². The van der Waals surface area contributed by atoms with Crippen molar-refractivity contribution >= 4 is 23.9 Å². The first kappa shape index (κ1) is 24.6. The molecule has 2 amide bonds. The molecule has 6 nitrogen and oxygen atoms in total. The molecule has 3 atom stereocenters. The molecule has 0 aliphatic heterocycles. The maximum absolute atomic E-state index is 12.4. The highest BCUT2D eigenvalue weighted by molar-refractivity contribution is 5.85. The van der Waals surface area contributed by atoms with Crippen molar-refractivity contribution in [2.45, 2.75) is 39.8 Å². The molecule has 0 aliphatic carbocycles. The van der Waals surface area contributed by atoms with Crippen molar-refractivity contribution in [2.24, 2.45) is 5.92 Å². The number of amides is 2. The minimum Gasteiger partial charge on any atom is -0.480 e. The number of nitrogens with one attached hydrogen (secondary N) is 2. The summed E-state index contributed by atoms with van der Waals surface area (Å²) in [6, 6.07) is 16.8. The van der Waals surface area contributed by atoms with Crippen molar-refractivity contribution in [1.82, 2.24) is 10.6 Å². The summed E-state index contributed by atoms with van der Waals surface area (Å²) in [5, 5.41) is 14.2. The minimum absolute atomic E-state index is 0.274. The average molecular weight is 435 g/mol. The molecule has 3 N–H and O–H groups in total. The smallest absolute Gasteiger partial charge is 0.325 e. The molecule has 0 aromatic heterocycles. The Balaban J connectivity index is 2.11. The summed E-state index contributed by atoms with van der Waals surface area (Å²) in [4.78, 5) is 35.0. The lowest BCUT2D eigenvalue weighted by atomic mass is 9.98. The van der Waals surface area contributed by atoms with E-state index in [2.05, 4.69) is 34.9 Å². The maximum atomic E-state index is 12.4. The molecule has 2 aromatic carbocycles. The van der Waals surface area contributed by atoms with Crippen molar-refractivity contribution < 1.29 is 19.5 Å².